The first-order chi connectivity index (χ1) is 11.2. The van der Waals surface area contributed by atoms with Crippen LogP contribution in [0.15, 0.2) is 42.5 Å². The minimum Gasteiger partial charge on any atom is -0.495 e. The number of ether oxygens (including phenoxy) is 3. The van der Waals surface area contributed by atoms with Crippen molar-refractivity contribution in [2.24, 2.45) is 0 Å². The third-order valence-corrected chi connectivity index (χ3v) is 3.54. The number of hydrogen-bond acceptors (Lipinski definition) is 4. The second-order valence-electron chi connectivity index (χ2n) is 4.90. The molecule has 0 aliphatic carbocycles. The molecule has 124 valence electrons. The molecule has 0 fully saturated rings. The topological polar surface area (TPSA) is 39.7 Å². The van der Waals surface area contributed by atoms with Crippen LogP contribution in [0.4, 0.5) is 5.69 Å². The normalized spacial score (nSPS) is 10.4. The van der Waals surface area contributed by atoms with E-state index in [1.54, 1.807) is 7.11 Å². The summed E-state index contributed by atoms with van der Waals surface area (Å²) in [6.07, 6.45) is 0. The van der Waals surface area contributed by atoms with Gasteiger partial charge in [-0.05, 0) is 42.8 Å². The van der Waals surface area contributed by atoms with E-state index >= 15 is 0 Å². The Morgan fingerprint density at radius 1 is 1.09 bits per heavy atom. The Hall–Kier alpha value is -1.91. The first-order valence-corrected chi connectivity index (χ1v) is 7.97. The molecule has 5 heteroatoms. The molecular formula is C18H22ClNO3. The van der Waals surface area contributed by atoms with Gasteiger partial charge in [-0.1, -0.05) is 23.7 Å². The molecule has 2 rings (SSSR count). The number of hydrogen-bond donors (Lipinski definition) is 1. The number of rotatable bonds is 9. The molecule has 4 nitrogen and oxygen atoms in total. The standard InChI is InChI=1S/C18H22ClNO3/c1-3-22-9-10-23-16-6-4-5-14(11-16)13-20-15-7-8-18(21-2)17(19)12-15/h4-8,11-12,20H,3,9-10,13H2,1-2H3. The average molecular weight is 336 g/mol. The number of methoxy groups -OCH3 is 1. The quantitative estimate of drug-likeness (QED) is 0.690. The van der Waals surface area contributed by atoms with Crippen molar-refractivity contribution in [3.05, 3.63) is 53.1 Å². The van der Waals surface area contributed by atoms with Crippen LogP contribution in [-0.4, -0.2) is 26.9 Å². The van der Waals surface area contributed by atoms with Crippen molar-refractivity contribution >= 4 is 17.3 Å². The Bertz CT molecular complexity index is 619. The molecule has 0 amide bonds. The fraction of sp³-hybridized carbons (Fsp3) is 0.333. The summed E-state index contributed by atoms with van der Waals surface area (Å²) >= 11 is 6.12. The molecule has 0 aliphatic rings. The first-order valence-electron chi connectivity index (χ1n) is 7.60. The molecule has 0 spiro atoms. The van der Waals surface area contributed by atoms with E-state index in [0.717, 1.165) is 17.0 Å². The van der Waals surface area contributed by atoms with E-state index in [1.165, 1.54) is 0 Å². The molecule has 0 aromatic heterocycles. The molecular weight excluding hydrogens is 314 g/mol. The Morgan fingerprint density at radius 3 is 2.70 bits per heavy atom. The second kappa shape index (κ2) is 9.28. The van der Waals surface area contributed by atoms with Crippen LogP contribution in [0, 0.1) is 0 Å². The minimum atomic E-state index is 0.554. The summed E-state index contributed by atoms with van der Waals surface area (Å²) in [7, 11) is 1.60. The zero-order chi connectivity index (χ0) is 16.5. The largest absolute Gasteiger partial charge is 0.495 e. The van der Waals surface area contributed by atoms with Crippen molar-refractivity contribution in [1.29, 1.82) is 0 Å². The van der Waals surface area contributed by atoms with Gasteiger partial charge in [0.1, 0.15) is 18.1 Å². The summed E-state index contributed by atoms with van der Waals surface area (Å²) in [6, 6.07) is 13.6. The molecule has 0 unspecified atom stereocenters. The summed E-state index contributed by atoms with van der Waals surface area (Å²) in [6.45, 7) is 4.52. The van der Waals surface area contributed by atoms with Crippen LogP contribution in [0.1, 0.15) is 12.5 Å². The van der Waals surface area contributed by atoms with Crippen LogP contribution < -0.4 is 14.8 Å². The van der Waals surface area contributed by atoms with Crippen LogP contribution in [0.3, 0.4) is 0 Å². The van der Waals surface area contributed by atoms with Gasteiger partial charge < -0.3 is 19.5 Å². The monoisotopic (exact) mass is 335 g/mol. The summed E-state index contributed by atoms with van der Waals surface area (Å²) < 4.78 is 16.1. The van der Waals surface area contributed by atoms with Gasteiger partial charge >= 0.3 is 0 Å². The van der Waals surface area contributed by atoms with Crippen molar-refractivity contribution in [2.75, 3.05) is 32.2 Å². The van der Waals surface area contributed by atoms with Crippen LogP contribution in [0.25, 0.3) is 0 Å². The Kier molecular flexibility index (Phi) is 7.04. The van der Waals surface area contributed by atoms with Gasteiger partial charge in [0.05, 0.1) is 18.7 Å². The molecule has 0 heterocycles. The maximum Gasteiger partial charge on any atom is 0.137 e. The molecule has 1 N–H and O–H groups in total. The van der Waals surface area contributed by atoms with Crippen molar-refractivity contribution in [3.63, 3.8) is 0 Å². The minimum absolute atomic E-state index is 0.554. The van der Waals surface area contributed by atoms with E-state index in [9.17, 15) is 0 Å². The molecule has 0 aliphatic heterocycles. The number of nitrogens with one attached hydrogen (secondary N) is 1. The van der Waals surface area contributed by atoms with E-state index in [2.05, 4.69) is 5.32 Å². The van der Waals surface area contributed by atoms with Crippen LogP contribution >= 0.6 is 11.6 Å². The Labute approximate surface area is 142 Å². The maximum atomic E-state index is 6.12. The highest BCUT2D eigenvalue weighted by Crippen LogP contribution is 2.27. The SMILES string of the molecule is CCOCCOc1cccc(CNc2ccc(OC)c(Cl)c2)c1. The molecule has 0 bridgehead atoms. The number of anilines is 1. The Balaban J connectivity index is 1.89. The van der Waals surface area contributed by atoms with E-state index in [4.69, 9.17) is 25.8 Å². The maximum absolute atomic E-state index is 6.12. The van der Waals surface area contributed by atoms with Crippen molar-refractivity contribution in [1.82, 2.24) is 0 Å². The Morgan fingerprint density at radius 2 is 1.96 bits per heavy atom. The van der Waals surface area contributed by atoms with Crippen molar-refractivity contribution in [3.8, 4) is 11.5 Å². The van der Waals surface area contributed by atoms with E-state index in [1.807, 2.05) is 49.4 Å². The van der Waals surface area contributed by atoms with Crippen LogP contribution in [-0.2, 0) is 11.3 Å². The summed E-state index contributed by atoms with van der Waals surface area (Å²) in [5.74, 6) is 1.51. The molecule has 0 saturated heterocycles. The molecule has 2 aromatic rings. The molecule has 0 radical (unpaired) electrons. The van der Waals surface area contributed by atoms with Gasteiger partial charge in [0.15, 0.2) is 0 Å². The third kappa shape index (κ3) is 5.66. The van der Waals surface area contributed by atoms with Gasteiger partial charge in [-0.25, -0.2) is 0 Å². The van der Waals surface area contributed by atoms with Crippen molar-refractivity contribution < 1.29 is 14.2 Å². The van der Waals surface area contributed by atoms with Gasteiger partial charge in [-0.3, -0.25) is 0 Å². The summed E-state index contributed by atoms with van der Waals surface area (Å²) in [5.41, 5.74) is 2.07. The number of benzene rings is 2. The number of halogens is 1. The molecule has 0 saturated carbocycles. The van der Waals surface area contributed by atoms with Gasteiger partial charge in [-0.2, -0.15) is 0 Å². The zero-order valence-corrected chi connectivity index (χ0v) is 14.2. The highest BCUT2D eigenvalue weighted by atomic mass is 35.5. The zero-order valence-electron chi connectivity index (χ0n) is 13.5. The average Bonchev–Trinajstić information content (AvgIpc) is 2.57. The smallest absolute Gasteiger partial charge is 0.137 e. The lowest BCUT2D eigenvalue weighted by molar-refractivity contribution is 0.110. The summed E-state index contributed by atoms with van der Waals surface area (Å²) in [5, 5.41) is 3.92. The summed E-state index contributed by atoms with van der Waals surface area (Å²) in [4.78, 5) is 0. The first kappa shape index (κ1) is 17.4. The third-order valence-electron chi connectivity index (χ3n) is 3.25. The lowest BCUT2D eigenvalue weighted by Crippen LogP contribution is -2.06. The highest BCUT2D eigenvalue weighted by Gasteiger charge is 2.02. The van der Waals surface area contributed by atoms with E-state index in [-0.39, 0.29) is 0 Å². The predicted octanol–water partition coefficient (Wildman–Crippen LogP) is 4.38. The fourth-order valence-corrected chi connectivity index (χ4v) is 2.35. The van der Waals surface area contributed by atoms with Gasteiger partial charge in [0, 0.05) is 18.8 Å². The lowest BCUT2D eigenvalue weighted by Gasteiger charge is -2.11. The second-order valence-corrected chi connectivity index (χ2v) is 5.30. The fourth-order valence-electron chi connectivity index (χ4n) is 2.09. The van der Waals surface area contributed by atoms with E-state index < -0.39 is 0 Å². The van der Waals surface area contributed by atoms with Gasteiger partial charge in [-0.15, -0.1) is 0 Å². The van der Waals surface area contributed by atoms with Crippen LogP contribution in [0.5, 0.6) is 11.5 Å². The predicted molar refractivity (Wildman–Crippen MR) is 93.8 cm³/mol. The van der Waals surface area contributed by atoms with Crippen molar-refractivity contribution in [2.45, 2.75) is 13.5 Å². The highest BCUT2D eigenvalue weighted by molar-refractivity contribution is 6.32. The molecule has 0 atom stereocenters. The molecule has 2 aromatic carbocycles. The van der Waals surface area contributed by atoms with Gasteiger partial charge in [0.25, 0.3) is 0 Å². The molecule has 23 heavy (non-hydrogen) atoms. The van der Waals surface area contributed by atoms with E-state index in [0.29, 0.717) is 37.1 Å². The van der Waals surface area contributed by atoms with Crippen LogP contribution in [0.2, 0.25) is 5.02 Å². The van der Waals surface area contributed by atoms with Gasteiger partial charge in [0.2, 0.25) is 0 Å². The lowest BCUT2D eigenvalue weighted by atomic mass is 10.2.